The van der Waals surface area contributed by atoms with E-state index < -0.39 is 0 Å². The lowest BCUT2D eigenvalue weighted by Crippen LogP contribution is -2.15. The number of aromatic nitrogens is 7. The highest BCUT2D eigenvalue weighted by Crippen LogP contribution is 2.20. The van der Waals surface area contributed by atoms with Gasteiger partial charge in [-0.1, -0.05) is 68.1 Å². The zero-order valence-corrected chi connectivity index (χ0v) is 19.7. The van der Waals surface area contributed by atoms with E-state index >= 15 is 0 Å². The standard InChI is InChI=1S/C23H26N8OS/c1-4-30-20(14-31-28-22(26-29-31)18-8-6-5-7-9-18)25-27-23(30)33-15-21(32)24-19-12-10-17(11-13-19)16(2)3/h5-13,16H,4,14-15H2,1-3H3,(H,24,32). The number of tetrazole rings is 1. The van der Waals surface area contributed by atoms with Crippen molar-refractivity contribution in [1.82, 2.24) is 35.0 Å². The summed E-state index contributed by atoms with van der Waals surface area (Å²) in [6.07, 6.45) is 0. The Bertz CT molecular complexity index is 1200. The van der Waals surface area contributed by atoms with Gasteiger partial charge < -0.3 is 9.88 Å². The van der Waals surface area contributed by atoms with Crippen LogP contribution in [0.2, 0.25) is 0 Å². The fraction of sp³-hybridized carbons (Fsp3) is 0.304. The minimum atomic E-state index is -0.0880. The molecule has 170 valence electrons. The van der Waals surface area contributed by atoms with E-state index in [1.807, 2.05) is 66.1 Å². The monoisotopic (exact) mass is 462 g/mol. The van der Waals surface area contributed by atoms with E-state index in [4.69, 9.17) is 0 Å². The first-order valence-corrected chi connectivity index (χ1v) is 11.8. The molecule has 0 radical (unpaired) electrons. The first kappa shape index (κ1) is 22.7. The van der Waals surface area contributed by atoms with Gasteiger partial charge in [0.25, 0.3) is 0 Å². The Hall–Kier alpha value is -3.53. The Labute approximate surface area is 196 Å². The average molecular weight is 463 g/mol. The first-order valence-electron chi connectivity index (χ1n) is 10.8. The van der Waals surface area contributed by atoms with Crippen molar-refractivity contribution in [2.45, 2.75) is 44.9 Å². The van der Waals surface area contributed by atoms with Gasteiger partial charge in [-0.25, -0.2) is 0 Å². The SMILES string of the molecule is CCn1c(Cn2nnc(-c3ccccc3)n2)nnc1SCC(=O)Nc1ccc(C(C)C)cc1. The van der Waals surface area contributed by atoms with Crippen LogP contribution >= 0.6 is 11.8 Å². The summed E-state index contributed by atoms with van der Waals surface area (Å²) in [6, 6.07) is 17.6. The molecule has 33 heavy (non-hydrogen) atoms. The zero-order chi connectivity index (χ0) is 23.2. The Morgan fingerprint density at radius 2 is 1.79 bits per heavy atom. The number of anilines is 1. The van der Waals surface area contributed by atoms with E-state index in [1.54, 1.807) is 0 Å². The Kier molecular flexibility index (Phi) is 7.13. The summed E-state index contributed by atoms with van der Waals surface area (Å²) >= 11 is 1.35. The molecule has 0 aliphatic carbocycles. The molecule has 0 bridgehead atoms. The van der Waals surface area contributed by atoms with Gasteiger partial charge in [-0.15, -0.1) is 20.4 Å². The maximum absolute atomic E-state index is 12.4. The molecule has 4 rings (SSSR count). The predicted molar refractivity (Wildman–Crippen MR) is 128 cm³/mol. The maximum Gasteiger partial charge on any atom is 0.234 e. The molecule has 0 spiro atoms. The number of amides is 1. The van der Waals surface area contributed by atoms with Crippen molar-refractivity contribution in [2.75, 3.05) is 11.1 Å². The quantitative estimate of drug-likeness (QED) is 0.377. The van der Waals surface area contributed by atoms with Crippen LogP contribution < -0.4 is 5.32 Å². The number of hydrogen-bond acceptors (Lipinski definition) is 7. The summed E-state index contributed by atoms with van der Waals surface area (Å²) in [5.41, 5.74) is 2.93. The van der Waals surface area contributed by atoms with Gasteiger partial charge in [0.2, 0.25) is 11.7 Å². The van der Waals surface area contributed by atoms with E-state index in [0.29, 0.717) is 35.8 Å². The van der Waals surface area contributed by atoms with E-state index in [9.17, 15) is 4.79 Å². The van der Waals surface area contributed by atoms with E-state index in [0.717, 1.165) is 11.3 Å². The molecule has 0 saturated heterocycles. The van der Waals surface area contributed by atoms with Crippen LogP contribution in [0.25, 0.3) is 11.4 Å². The van der Waals surface area contributed by atoms with Crippen LogP contribution in [0.5, 0.6) is 0 Å². The second-order valence-electron chi connectivity index (χ2n) is 7.77. The molecule has 0 atom stereocenters. The van der Waals surface area contributed by atoms with E-state index in [2.05, 4.69) is 44.8 Å². The molecular formula is C23H26N8OS. The summed E-state index contributed by atoms with van der Waals surface area (Å²) in [4.78, 5) is 13.9. The van der Waals surface area contributed by atoms with Gasteiger partial charge in [-0.05, 0) is 35.8 Å². The molecule has 1 amide bonds. The highest BCUT2D eigenvalue weighted by atomic mass is 32.2. The minimum absolute atomic E-state index is 0.0880. The van der Waals surface area contributed by atoms with Crippen molar-refractivity contribution < 1.29 is 4.79 Å². The summed E-state index contributed by atoms with van der Waals surface area (Å²) in [7, 11) is 0. The van der Waals surface area contributed by atoms with Crippen molar-refractivity contribution >= 4 is 23.4 Å². The number of benzene rings is 2. The first-order chi connectivity index (χ1) is 16.0. The fourth-order valence-corrected chi connectivity index (χ4v) is 4.10. The van der Waals surface area contributed by atoms with E-state index in [-0.39, 0.29) is 11.7 Å². The minimum Gasteiger partial charge on any atom is -0.325 e. The topological polar surface area (TPSA) is 103 Å². The van der Waals surface area contributed by atoms with Crippen LogP contribution in [0.3, 0.4) is 0 Å². The Balaban J connectivity index is 1.36. The van der Waals surface area contributed by atoms with Crippen molar-refractivity contribution in [3.8, 4) is 11.4 Å². The number of nitrogens with one attached hydrogen (secondary N) is 1. The molecule has 0 aliphatic rings. The van der Waals surface area contributed by atoms with Crippen LogP contribution in [-0.4, -0.2) is 46.6 Å². The molecule has 2 heterocycles. The van der Waals surface area contributed by atoms with Gasteiger partial charge >= 0.3 is 0 Å². The number of rotatable bonds is 9. The number of hydrogen-bond donors (Lipinski definition) is 1. The number of nitrogens with zero attached hydrogens (tertiary/aromatic N) is 7. The van der Waals surface area contributed by atoms with Crippen LogP contribution in [0.4, 0.5) is 5.69 Å². The van der Waals surface area contributed by atoms with Crippen LogP contribution in [0, 0.1) is 0 Å². The summed E-state index contributed by atoms with van der Waals surface area (Å²) in [5, 5.41) is 24.9. The lowest BCUT2D eigenvalue weighted by molar-refractivity contribution is -0.113. The highest BCUT2D eigenvalue weighted by Gasteiger charge is 2.15. The van der Waals surface area contributed by atoms with E-state index in [1.165, 1.54) is 22.1 Å². The third kappa shape index (κ3) is 5.64. The van der Waals surface area contributed by atoms with Crippen LogP contribution in [-0.2, 0) is 17.9 Å². The predicted octanol–water partition coefficient (Wildman–Crippen LogP) is 3.85. The van der Waals surface area contributed by atoms with Crippen molar-refractivity contribution in [3.05, 3.63) is 66.0 Å². The second kappa shape index (κ2) is 10.4. The third-order valence-electron chi connectivity index (χ3n) is 5.07. The number of carbonyl (C=O) groups is 1. The molecule has 10 heteroatoms. The normalized spacial score (nSPS) is 11.2. The molecule has 0 aliphatic heterocycles. The molecular weight excluding hydrogens is 436 g/mol. The van der Waals surface area contributed by atoms with Gasteiger partial charge in [-0.3, -0.25) is 4.79 Å². The zero-order valence-electron chi connectivity index (χ0n) is 18.8. The highest BCUT2D eigenvalue weighted by molar-refractivity contribution is 7.99. The summed E-state index contributed by atoms with van der Waals surface area (Å²) in [5.74, 6) is 1.88. The lowest BCUT2D eigenvalue weighted by Gasteiger charge is -2.09. The molecule has 0 fully saturated rings. The van der Waals surface area contributed by atoms with Gasteiger partial charge in [0, 0.05) is 17.8 Å². The average Bonchev–Trinajstić information content (AvgIpc) is 3.45. The molecule has 4 aromatic rings. The van der Waals surface area contributed by atoms with Gasteiger partial charge in [-0.2, -0.15) is 4.80 Å². The molecule has 1 N–H and O–H groups in total. The Morgan fingerprint density at radius 1 is 1.03 bits per heavy atom. The molecule has 0 saturated carbocycles. The van der Waals surface area contributed by atoms with Crippen molar-refractivity contribution in [3.63, 3.8) is 0 Å². The molecule has 0 unspecified atom stereocenters. The van der Waals surface area contributed by atoms with Crippen molar-refractivity contribution in [2.24, 2.45) is 0 Å². The largest absolute Gasteiger partial charge is 0.325 e. The van der Waals surface area contributed by atoms with Gasteiger partial charge in [0.05, 0.1) is 5.75 Å². The smallest absolute Gasteiger partial charge is 0.234 e. The second-order valence-corrected chi connectivity index (χ2v) is 8.71. The van der Waals surface area contributed by atoms with Crippen LogP contribution in [0.1, 0.15) is 38.1 Å². The summed E-state index contributed by atoms with van der Waals surface area (Å²) in [6.45, 7) is 7.31. The number of thioether (sulfide) groups is 1. The van der Waals surface area contributed by atoms with Crippen molar-refractivity contribution in [1.29, 1.82) is 0 Å². The summed E-state index contributed by atoms with van der Waals surface area (Å²) < 4.78 is 1.96. The molecule has 2 aromatic heterocycles. The molecule has 2 aromatic carbocycles. The Morgan fingerprint density at radius 3 is 2.48 bits per heavy atom. The van der Waals surface area contributed by atoms with Gasteiger partial charge in [0.1, 0.15) is 6.54 Å². The number of carbonyl (C=O) groups excluding carboxylic acids is 1. The van der Waals surface area contributed by atoms with Crippen LogP contribution in [0.15, 0.2) is 59.8 Å². The fourth-order valence-electron chi connectivity index (χ4n) is 3.28. The van der Waals surface area contributed by atoms with Gasteiger partial charge in [0.15, 0.2) is 11.0 Å². The molecule has 9 nitrogen and oxygen atoms in total. The lowest BCUT2D eigenvalue weighted by atomic mass is 10.0. The third-order valence-corrected chi connectivity index (χ3v) is 6.04. The maximum atomic E-state index is 12.4.